The molecule has 1 saturated heterocycles. The molecule has 0 aliphatic carbocycles. The number of benzene rings is 3. The van der Waals surface area contributed by atoms with Gasteiger partial charge in [-0.05, 0) is 38.6 Å². The van der Waals surface area contributed by atoms with E-state index in [1.54, 1.807) is 0 Å². The minimum absolute atomic E-state index is 0. The quantitative estimate of drug-likeness (QED) is 0.540. The van der Waals surface area contributed by atoms with E-state index in [-0.39, 0.29) is 30.2 Å². The van der Waals surface area contributed by atoms with E-state index >= 15 is 0 Å². The van der Waals surface area contributed by atoms with Crippen LogP contribution in [0, 0.1) is 5.41 Å². The fourth-order valence-electron chi connectivity index (χ4n) is 4.45. The highest BCUT2D eigenvalue weighted by Crippen LogP contribution is 2.44. The minimum Gasteiger partial charge on any atom is -0.314 e. The van der Waals surface area contributed by atoms with Crippen LogP contribution in [0.1, 0.15) is 32.4 Å². The summed E-state index contributed by atoms with van der Waals surface area (Å²) in [4.78, 5) is 2.69. The molecular weight excluding hydrogens is 375 g/mol. The van der Waals surface area contributed by atoms with Crippen molar-refractivity contribution >= 4 is 46.4 Å². The van der Waals surface area contributed by atoms with Crippen molar-refractivity contribution in [1.82, 2.24) is 10.2 Å². The lowest BCUT2D eigenvalue weighted by Crippen LogP contribution is -2.48. The standard InChI is InChI=1S/C23H28N2.2ClH/c1-23(2,3)22(25-14-12-24-13-15-25)21-19-10-6-4-8-17(19)16-18-9-5-7-11-20(18)21;;/h4-11,16,22,24H,12-15H2,1-3H3;2*1H/t22-;;/m0../s1. The van der Waals surface area contributed by atoms with Gasteiger partial charge in [-0.25, -0.2) is 0 Å². The first-order valence-electron chi connectivity index (χ1n) is 9.41. The van der Waals surface area contributed by atoms with Crippen molar-refractivity contribution < 1.29 is 0 Å². The molecule has 0 radical (unpaired) electrons. The molecular formula is C23H30Cl2N2. The first-order valence-corrected chi connectivity index (χ1v) is 9.41. The molecule has 1 aliphatic rings. The van der Waals surface area contributed by atoms with Crippen molar-refractivity contribution in [3.63, 3.8) is 0 Å². The van der Waals surface area contributed by atoms with Gasteiger partial charge in [0.2, 0.25) is 0 Å². The Morgan fingerprint density at radius 3 is 1.78 bits per heavy atom. The zero-order valence-corrected chi connectivity index (χ0v) is 18.0. The number of rotatable bonds is 2. The van der Waals surface area contributed by atoms with E-state index in [1.165, 1.54) is 27.1 Å². The van der Waals surface area contributed by atoms with E-state index < -0.39 is 0 Å². The van der Waals surface area contributed by atoms with Crippen LogP contribution in [0.4, 0.5) is 0 Å². The van der Waals surface area contributed by atoms with E-state index in [9.17, 15) is 0 Å². The molecule has 0 bridgehead atoms. The van der Waals surface area contributed by atoms with E-state index in [1.807, 2.05) is 0 Å². The van der Waals surface area contributed by atoms with Crippen molar-refractivity contribution in [3.8, 4) is 0 Å². The van der Waals surface area contributed by atoms with Gasteiger partial charge < -0.3 is 5.32 Å². The molecule has 1 N–H and O–H groups in total. The maximum absolute atomic E-state index is 3.51. The second kappa shape index (κ2) is 8.79. The minimum atomic E-state index is 0. The predicted molar refractivity (Wildman–Crippen MR) is 123 cm³/mol. The molecule has 1 atom stereocenters. The Hall–Kier alpha value is -1.32. The number of hydrogen-bond donors (Lipinski definition) is 1. The van der Waals surface area contributed by atoms with E-state index in [0.29, 0.717) is 6.04 Å². The normalized spacial score (nSPS) is 16.6. The molecule has 3 aromatic carbocycles. The molecule has 0 amide bonds. The fourth-order valence-corrected chi connectivity index (χ4v) is 4.45. The highest BCUT2D eigenvalue weighted by molar-refractivity contribution is 6.02. The Balaban J connectivity index is 0.00000131. The third-order valence-corrected chi connectivity index (χ3v) is 5.42. The average Bonchev–Trinajstić information content (AvgIpc) is 2.61. The van der Waals surface area contributed by atoms with E-state index in [4.69, 9.17) is 0 Å². The summed E-state index contributed by atoms with van der Waals surface area (Å²) in [6.45, 7) is 11.5. The molecule has 3 aromatic rings. The van der Waals surface area contributed by atoms with Crippen LogP contribution >= 0.6 is 24.8 Å². The number of nitrogens with one attached hydrogen (secondary N) is 1. The van der Waals surface area contributed by atoms with Gasteiger partial charge in [0.05, 0.1) is 0 Å². The van der Waals surface area contributed by atoms with Crippen LogP contribution in [0.3, 0.4) is 0 Å². The molecule has 4 heteroatoms. The van der Waals surface area contributed by atoms with Crippen LogP contribution in [-0.2, 0) is 0 Å². The second-order valence-electron chi connectivity index (χ2n) is 8.29. The zero-order chi connectivity index (χ0) is 17.4. The Bertz CT molecular complexity index is 842. The highest BCUT2D eigenvalue weighted by atomic mass is 35.5. The van der Waals surface area contributed by atoms with Gasteiger partial charge in [0.25, 0.3) is 0 Å². The van der Waals surface area contributed by atoms with Crippen molar-refractivity contribution in [2.45, 2.75) is 26.8 Å². The molecule has 27 heavy (non-hydrogen) atoms. The summed E-state index contributed by atoms with van der Waals surface area (Å²) in [5, 5.41) is 9.01. The van der Waals surface area contributed by atoms with Crippen LogP contribution in [0.15, 0.2) is 54.6 Å². The molecule has 1 fully saturated rings. The lowest BCUT2D eigenvalue weighted by molar-refractivity contribution is 0.0882. The number of nitrogens with zero attached hydrogens (tertiary/aromatic N) is 1. The number of piperazine rings is 1. The first-order chi connectivity index (χ1) is 12.1. The van der Waals surface area contributed by atoms with Crippen molar-refractivity contribution in [3.05, 3.63) is 60.2 Å². The first kappa shape index (κ1) is 22.0. The molecule has 1 aliphatic heterocycles. The summed E-state index contributed by atoms with van der Waals surface area (Å²) < 4.78 is 0. The van der Waals surface area contributed by atoms with E-state index in [2.05, 4.69) is 85.6 Å². The van der Waals surface area contributed by atoms with Gasteiger partial charge >= 0.3 is 0 Å². The second-order valence-corrected chi connectivity index (χ2v) is 8.29. The monoisotopic (exact) mass is 404 g/mol. The van der Waals surface area contributed by atoms with Crippen molar-refractivity contribution in [2.24, 2.45) is 5.41 Å². The summed E-state index contributed by atoms with van der Waals surface area (Å²) in [5.74, 6) is 0. The average molecular weight is 405 g/mol. The van der Waals surface area contributed by atoms with Gasteiger partial charge in [-0.2, -0.15) is 0 Å². The smallest absolute Gasteiger partial charge is 0.0409 e. The summed E-state index contributed by atoms with van der Waals surface area (Å²) >= 11 is 0. The Labute approximate surface area is 175 Å². The van der Waals surface area contributed by atoms with Crippen LogP contribution in [0.2, 0.25) is 0 Å². The van der Waals surface area contributed by atoms with Crippen molar-refractivity contribution in [1.29, 1.82) is 0 Å². The predicted octanol–water partition coefficient (Wildman–Crippen LogP) is 5.83. The SMILES string of the molecule is CC(C)(C)[C@H](c1c2ccccc2cc2ccccc12)N1CCNCC1.Cl.Cl. The molecule has 0 unspecified atom stereocenters. The number of fused-ring (bicyclic) bond motifs is 2. The van der Waals surface area contributed by atoms with Crippen LogP contribution in [-0.4, -0.2) is 31.1 Å². The lowest BCUT2D eigenvalue weighted by atomic mass is 9.77. The number of hydrogen-bond acceptors (Lipinski definition) is 2. The Morgan fingerprint density at radius 2 is 1.30 bits per heavy atom. The zero-order valence-electron chi connectivity index (χ0n) is 16.4. The molecule has 146 valence electrons. The molecule has 0 saturated carbocycles. The maximum Gasteiger partial charge on any atom is 0.0409 e. The maximum atomic E-state index is 3.51. The van der Waals surface area contributed by atoms with Crippen molar-refractivity contribution in [2.75, 3.05) is 26.2 Å². The van der Waals surface area contributed by atoms with Gasteiger partial charge in [-0.1, -0.05) is 69.3 Å². The summed E-state index contributed by atoms with van der Waals surface area (Å²) in [6, 6.07) is 20.5. The summed E-state index contributed by atoms with van der Waals surface area (Å²) in [7, 11) is 0. The highest BCUT2D eigenvalue weighted by Gasteiger charge is 2.34. The van der Waals surface area contributed by atoms with Crippen LogP contribution < -0.4 is 5.32 Å². The van der Waals surface area contributed by atoms with Gasteiger partial charge in [0.1, 0.15) is 0 Å². The Kier molecular flexibility index (Phi) is 7.15. The van der Waals surface area contributed by atoms with Gasteiger partial charge in [0.15, 0.2) is 0 Å². The summed E-state index contributed by atoms with van der Waals surface area (Å²) in [5.41, 5.74) is 1.67. The van der Waals surface area contributed by atoms with Crippen LogP contribution in [0.25, 0.3) is 21.5 Å². The molecule has 0 spiro atoms. The largest absolute Gasteiger partial charge is 0.314 e. The molecule has 1 heterocycles. The third kappa shape index (κ3) is 4.25. The molecule has 0 aromatic heterocycles. The topological polar surface area (TPSA) is 15.3 Å². The molecule has 2 nitrogen and oxygen atoms in total. The van der Waals surface area contributed by atoms with Gasteiger partial charge in [-0.3, -0.25) is 4.90 Å². The Morgan fingerprint density at radius 1 is 0.815 bits per heavy atom. The van der Waals surface area contributed by atoms with Gasteiger partial charge in [-0.15, -0.1) is 24.8 Å². The number of halogens is 2. The third-order valence-electron chi connectivity index (χ3n) is 5.42. The van der Waals surface area contributed by atoms with E-state index in [0.717, 1.165) is 26.2 Å². The lowest BCUT2D eigenvalue weighted by Gasteiger charge is -2.43. The van der Waals surface area contributed by atoms with Crippen LogP contribution in [0.5, 0.6) is 0 Å². The fraction of sp³-hybridized carbons (Fsp3) is 0.391. The van der Waals surface area contributed by atoms with Gasteiger partial charge in [0, 0.05) is 32.2 Å². The summed E-state index contributed by atoms with van der Waals surface area (Å²) in [6.07, 6.45) is 0. The molecule has 4 rings (SSSR count).